The molecule has 1 aromatic heterocycles. The van der Waals surface area contributed by atoms with Gasteiger partial charge in [0, 0.05) is 30.5 Å². The molecule has 0 saturated heterocycles. The molecular formula is C18H23FN4O2. The van der Waals surface area contributed by atoms with Crippen molar-refractivity contribution >= 4 is 5.91 Å². The van der Waals surface area contributed by atoms with Crippen molar-refractivity contribution in [1.29, 1.82) is 0 Å². The number of nitrogens with one attached hydrogen (secondary N) is 1. The van der Waals surface area contributed by atoms with Crippen LogP contribution in [0.15, 0.2) is 22.7 Å². The molecule has 1 aliphatic rings. The zero-order valence-corrected chi connectivity index (χ0v) is 14.3. The normalized spacial score (nSPS) is 20.4. The van der Waals surface area contributed by atoms with Gasteiger partial charge in [-0.3, -0.25) is 4.79 Å². The van der Waals surface area contributed by atoms with Crippen LogP contribution in [0.4, 0.5) is 4.39 Å². The lowest BCUT2D eigenvalue weighted by Crippen LogP contribution is -2.40. The molecular weight excluding hydrogens is 323 g/mol. The Kier molecular flexibility index (Phi) is 5.43. The Balaban J connectivity index is 1.51. The molecule has 1 saturated carbocycles. The molecule has 7 heteroatoms. The first-order valence-electron chi connectivity index (χ1n) is 8.65. The van der Waals surface area contributed by atoms with Crippen LogP contribution in [0.25, 0.3) is 11.4 Å². The number of rotatable bonds is 5. The quantitative estimate of drug-likeness (QED) is 0.867. The third-order valence-corrected chi connectivity index (χ3v) is 4.60. The summed E-state index contributed by atoms with van der Waals surface area (Å²) < 4.78 is 18.8. The van der Waals surface area contributed by atoms with E-state index < -0.39 is 0 Å². The number of benzene rings is 1. The van der Waals surface area contributed by atoms with Crippen LogP contribution in [0.3, 0.4) is 0 Å². The molecule has 6 nitrogen and oxygen atoms in total. The molecule has 1 aromatic carbocycles. The zero-order valence-electron chi connectivity index (χ0n) is 14.3. The second kappa shape index (κ2) is 7.74. The SMILES string of the molecule is Cc1ccc(-c2noc(CCC(=O)NC3CCC(N)CC3)n2)cc1F. The van der Waals surface area contributed by atoms with Gasteiger partial charge >= 0.3 is 0 Å². The predicted octanol–water partition coefficient (Wildman–Crippen LogP) is 2.50. The summed E-state index contributed by atoms with van der Waals surface area (Å²) >= 11 is 0. The summed E-state index contributed by atoms with van der Waals surface area (Å²) in [5.41, 5.74) is 6.99. The fourth-order valence-corrected chi connectivity index (χ4v) is 2.99. The maximum atomic E-state index is 13.6. The van der Waals surface area contributed by atoms with Gasteiger partial charge in [0.1, 0.15) is 5.82 Å². The summed E-state index contributed by atoms with van der Waals surface area (Å²) in [6, 6.07) is 5.26. The smallest absolute Gasteiger partial charge is 0.227 e. The van der Waals surface area contributed by atoms with Gasteiger partial charge in [0.25, 0.3) is 0 Å². The summed E-state index contributed by atoms with van der Waals surface area (Å²) in [4.78, 5) is 16.3. The molecule has 0 unspecified atom stereocenters. The van der Waals surface area contributed by atoms with Crippen LogP contribution in [-0.4, -0.2) is 28.1 Å². The molecule has 3 rings (SSSR count). The maximum Gasteiger partial charge on any atom is 0.227 e. The van der Waals surface area contributed by atoms with Crippen molar-refractivity contribution in [3.63, 3.8) is 0 Å². The molecule has 0 aliphatic heterocycles. The molecule has 25 heavy (non-hydrogen) atoms. The number of aromatic nitrogens is 2. The van der Waals surface area contributed by atoms with Gasteiger partial charge in [-0.2, -0.15) is 4.98 Å². The van der Waals surface area contributed by atoms with Crippen molar-refractivity contribution in [2.24, 2.45) is 5.73 Å². The fourth-order valence-electron chi connectivity index (χ4n) is 2.99. The van der Waals surface area contributed by atoms with Gasteiger partial charge in [0.15, 0.2) is 0 Å². The van der Waals surface area contributed by atoms with Crippen molar-refractivity contribution in [3.8, 4) is 11.4 Å². The molecule has 0 spiro atoms. The molecule has 1 fully saturated rings. The molecule has 0 bridgehead atoms. The van der Waals surface area contributed by atoms with E-state index in [2.05, 4.69) is 15.5 Å². The number of aryl methyl sites for hydroxylation is 2. The predicted molar refractivity (Wildman–Crippen MR) is 91.1 cm³/mol. The summed E-state index contributed by atoms with van der Waals surface area (Å²) in [5.74, 6) is 0.365. The summed E-state index contributed by atoms with van der Waals surface area (Å²) in [6.07, 6.45) is 4.40. The lowest BCUT2D eigenvalue weighted by molar-refractivity contribution is -0.122. The number of halogens is 1. The number of nitrogens with zero attached hydrogens (tertiary/aromatic N) is 2. The second-order valence-corrected chi connectivity index (χ2v) is 6.65. The minimum atomic E-state index is -0.310. The topological polar surface area (TPSA) is 94.0 Å². The van der Waals surface area contributed by atoms with Gasteiger partial charge in [-0.25, -0.2) is 4.39 Å². The van der Waals surface area contributed by atoms with Crippen LogP contribution < -0.4 is 11.1 Å². The van der Waals surface area contributed by atoms with E-state index in [0.29, 0.717) is 29.3 Å². The molecule has 1 amide bonds. The Labute approximate surface area is 146 Å². The number of carbonyl (C=O) groups excluding carboxylic acids is 1. The minimum Gasteiger partial charge on any atom is -0.353 e. The zero-order chi connectivity index (χ0) is 17.8. The standard InChI is InChI=1S/C18H23FN4O2/c1-11-2-3-12(10-15(11)19)18-22-17(25-23-18)9-8-16(24)21-14-6-4-13(20)5-7-14/h2-3,10,13-14H,4-9,20H2,1H3,(H,21,24). The van der Waals surface area contributed by atoms with E-state index in [1.807, 2.05) is 0 Å². The summed E-state index contributed by atoms with van der Waals surface area (Å²) in [6.45, 7) is 1.69. The third kappa shape index (κ3) is 4.63. The Hall–Kier alpha value is -2.28. The van der Waals surface area contributed by atoms with Crippen LogP contribution >= 0.6 is 0 Å². The molecule has 0 atom stereocenters. The number of hydrogen-bond acceptors (Lipinski definition) is 5. The van der Waals surface area contributed by atoms with Crippen molar-refractivity contribution in [3.05, 3.63) is 35.5 Å². The highest BCUT2D eigenvalue weighted by molar-refractivity contribution is 5.76. The van der Waals surface area contributed by atoms with Gasteiger partial charge in [0.05, 0.1) is 0 Å². The monoisotopic (exact) mass is 346 g/mol. The van der Waals surface area contributed by atoms with E-state index in [9.17, 15) is 9.18 Å². The van der Waals surface area contributed by atoms with E-state index in [0.717, 1.165) is 25.7 Å². The first kappa shape index (κ1) is 17.5. The van der Waals surface area contributed by atoms with Crippen LogP contribution in [-0.2, 0) is 11.2 Å². The van der Waals surface area contributed by atoms with Gasteiger partial charge in [-0.15, -0.1) is 0 Å². The summed E-state index contributed by atoms with van der Waals surface area (Å²) in [7, 11) is 0. The Morgan fingerprint density at radius 3 is 2.84 bits per heavy atom. The van der Waals surface area contributed by atoms with Crippen molar-refractivity contribution in [2.75, 3.05) is 0 Å². The number of hydrogen-bond donors (Lipinski definition) is 2. The van der Waals surface area contributed by atoms with E-state index in [1.165, 1.54) is 6.07 Å². The first-order chi connectivity index (χ1) is 12.0. The lowest BCUT2D eigenvalue weighted by atomic mass is 9.92. The van der Waals surface area contributed by atoms with Crippen molar-refractivity contribution in [1.82, 2.24) is 15.5 Å². The van der Waals surface area contributed by atoms with Crippen LogP contribution in [0.1, 0.15) is 43.6 Å². The average Bonchev–Trinajstić information content (AvgIpc) is 3.07. The Bertz CT molecular complexity index is 738. The maximum absolute atomic E-state index is 13.6. The highest BCUT2D eigenvalue weighted by Gasteiger charge is 2.20. The highest BCUT2D eigenvalue weighted by atomic mass is 19.1. The average molecular weight is 346 g/mol. The van der Waals surface area contributed by atoms with E-state index >= 15 is 0 Å². The first-order valence-corrected chi connectivity index (χ1v) is 8.65. The Morgan fingerprint density at radius 1 is 1.36 bits per heavy atom. The molecule has 3 N–H and O–H groups in total. The number of nitrogens with two attached hydrogens (primary N) is 1. The lowest BCUT2D eigenvalue weighted by Gasteiger charge is -2.26. The van der Waals surface area contributed by atoms with Crippen LogP contribution in [0, 0.1) is 12.7 Å². The number of carbonyl (C=O) groups is 1. The van der Waals surface area contributed by atoms with Crippen LogP contribution in [0.5, 0.6) is 0 Å². The van der Waals surface area contributed by atoms with E-state index in [-0.39, 0.29) is 30.2 Å². The molecule has 0 radical (unpaired) electrons. The van der Waals surface area contributed by atoms with Crippen molar-refractivity contribution in [2.45, 2.75) is 57.5 Å². The molecule has 1 aliphatic carbocycles. The van der Waals surface area contributed by atoms with E-state index in [1.54, 1.807) is 19.1 Å². The summed E-state index contributed by atoms with van der Waals surface area (Å²) in [5, 5.41) is 6.89. The minimum absolute atomic E-state index is 0.0263. The van der Waals surface area contributed by atoms with Gasteiger partial charge in [-0.05, 0) is 44.2 Å². The van der Waals surface area contributed by atoms with Crippen molar-refractivity contribution < 1.29 is 13.7 Å². The van der Waals surface area contributed by atoms with Crippen LogP contribution in [0.2, 0.25) is 0 Å². The number of amides is 1. The highest BCUT2D eigenvalue weighted by Crippen LogP contribution is 2.20. The fraction of sp³-hybridized carbons (Fsp3) is 0.500. The second-order valence-electron chi connectivity index (χ2n) is 6.65. The van der Waals surface area contributed by atoms with Gasteiger partial charge < -0.3 is 15.6 Å². The van der Waals surface area contributed by atoms with E-state index in [4.69, 9.17) is 10.3 Å². The molecule has 1 heterocycles. The van der Waals surface area contributed by atoms with Gasteiger partial charge in [0.2, 0.25) is 17.6 Å². The largest absolute Gasteiger partial charge is 0.353 e. The molecule has 2 aromatic rings. The van der Waals surface area contributed by atoms with Gasteiger partial charge in [-0.1, -0.05) is 17.3 Å². The molecule has 134 valence electrons. The Morgan fingerprint density at radius 2 is 2.12 bits per heavy atom. The third-order valence-electron chi connectivity index (χ3n) is 4.60.